The molecule has 1 aromatic heterocycles. The molecular formula is C15H18N2O3S2. The zero-order valence-corrected chi connectivity index (χ0v) is 14.2. The Morgan fingerprint density at radius 3 is 2.50 bits per heavy atom. The van der Waals surface area contributed by atoms with Crippen molar-refractivity contribution in [2.45, 2.75) is 36.3 Å². The number of benzene rings is 1. The summed E-state index contributed by atoms with van der Waals surface area (Å²) in [6.07, 6.45) is 1.41. The minimum atomic E-state index is -3.75. The molecule has 1 aromatic carbocycles. The summed E-state index contributed by atoms with van der Waals surface area (Å²) in [6, 6.07) is 7.39. The molecule has 1 atom stereocenters. The number of amides is 1. The van der Waals surface area contributed by atoms with Crippen LogP contribution in [0.2, 0.25) is 0 Å². The predicted octanol–water partition coefficient (Wildman–Crippen LogP) is 3.07. The normalized spacial score (nSPS) is 13.1. The number of aromatic nitrogens is 1. The van der Waals surface area contributed by atoms with Crippen LogP contribution in [-0.4, -0.2) is 24.6 Å². The van der Waals surface area contributed by atoms with Crippen molar-refractivity contribution < 1.29 is 13.2 Å². The fourth-order valence-electron chi connectivity index (χ4n) is 1.99. The highest BCUT2D eigenvalue weighted by atomic mass is 32.2. The van der Waals surface area contributed by atoms with Gasteiger partial charge in [0.1, 0.15) is 5.25 Å². The Hall–Kier alpha value is -1.73. The second-order valence-electron chi connectivity index (χ2n) is 5.22. The van der Waals surface area contributed by atoms with Gasteiger partial charge in [0.25, 0.3) is 0 Å². The van der Waals surface area contributed by atoms with Crippen LogP contribution in [0.4, 0.5) is 5.69 Å². The van der Waals surface area contributed by atoms with Crippen LogP contribution in [0.5, 0.6) is 0 Å². The van der Waals surface area contributed by atoms with E-state index in [1.165, 1.54) is 13.1 Å². The third kappa shape index (κ3) is 3.36. The Kier molecular flexibility index (Phi) is 4.97. The Morgan fingerprint density at radius 1 is 1.23 bits per heavy atom. The van der Waals surface area contributed by atoms with E-state index in [0.717, 1.165) is 16.9 Å². The van der Waals surface area contributed by atoms with Crippen molar-refractivity contribution in [3.05, 3.63) is 41.4 Å². The van der Waals surface area contributed by atoms with E-state index >= 15 is 0 Å². The summed E-state index contributed by atoms with van der Waals surface area (Å²) in [5.41, 5.74) is 1.61. The lowest BCUT2D eigenvalue weighted by molar-refractivity contribution is -0.115. The molecule has 0 spiro atoms. The molecule has 0 saturated carbocycles. The van der Waals surface area contributed by atoms with Gasteiger partial charge in [0.05, 0.1) is 0 Å². The minimum Gasteiger partial charge on any atom is -0.325 e. The highest BCUT2D eigenvalue weighted by Gasteiger charge is 2.32. The minimum absolute atomic E-state index is 0.0349. The quantitative estimate of drug-likeness (QED) is 0.909. The predicted molar refractivity (Wildman–Crippen MR) is 87.9 cm³/mol. The number of hydrogen-bond donors (Lipinski definition) is 1. The van der Waals surface area contributed by atoms with E-state index in [0.29, 0.717) is 5.69 Å². The zero-order chi connectivity index (χ0) is 16.3. The first-order valence-corrected chi connectivity index (χ1v) is 9.29. The molecule has 0 saturated heterocycles. The molecule has 0 radical (unpaired) electrons. The van der Waals surface area contributed by atoms with Crippen LogP contribution >= 0.6 is 11.3 Å². The number of carbonyl (C=O) groups excluding carboxylic acids is 1. The summed E-state index contributed by atoms with van der Waals surface area (Å²) in [4.78, 5) is 16.1. The van der Waals surface area contributed by atoms with E-state index in [9.17, 15) is 13.2 Å². The van der Waals surface area contributed by atoms with E-state index in [1.54, 1.807) is 11.4 Å². The molecule has 118 valence electrons. The van der Waals surface area contributed by atoms with Crippen LogP contribution in [0.3, 0.4) is 0 Å². The summed E-state index contributed by atoms with van der Waals surface area (Å²) in [6.45, 7) is 5.41. The highest BCUT2D eigenvalue weighted by Crippen LogP contribution is 2.25. The van der Waals surface area contributed by atoms with Crippen LogP contribution < -0.4 is 5.32 Å². The molecule has 0 aliphatic heterocycles. The lowest BCUT2D eigenvalue weighted by Gasteiger charge is -2.16. The average Bonchev–Trinajstić information content (AvgIpc) is 3.01. The lowest BCUT2D eigenvalue weighted by atomic mass is 10.0. The Bertz CT molecular complexity index is 753. The summed E-state index contributed by atoms with van der Waals surface area (Å²) in [5.74, 6) is -0.328. The van der Waals surface area contributed by atoms with Gasteiger partial charge in [-0.3, -0.25) is 4.79 Å². The number of nitrogens with one attached hydrogen (secondary N) is 1. The van der Waals surface area contributed by atoms with Gasteiger partial charge in [-0.15, -0.1) is 11.3 Å². The molecule has 5 nitrogen and oxygen atoms in total. The lowest BCUT2D eigenvalue weighted by Crippen LogP contribution is -2.33. The molecule has 1 unspecified atom stereocenters. The van der Waals surface area contributed by atoms with Gasteiger partial charge in [-0.2, -0.15) is 0 Å². The van der Waals surface area contributed by atoms with Crippen molar-refractivity contribution in [2.75, 3.05) is 5.32 Å². The maximum absolute atomic E-state index is 12.3. The van der Waals surface area contributed by atoms with Crippen molar-refractivity contribution in [3.63, 3.8) is 0 Å². The number of para-hydroxylation sites is 1. The van der Waals surface area contributed by atoms with E-state index < -0.39 is 21.0 Å². The second kappa shape index (κ2) is 6.58. The Labute approximate surface area is 134 Å². The van der Waals surface area contributed by atoms with Crippen molar-refractivity contribution in [3.8, 4) is 0 Å². The first-order valence-electron chi connectivity index (χ1n) is 6.87. The molecule has 0 fully saturated rings. The first-order chi connectivity index (χ1) is 10.3. The van der Waals surface area contributed by atoms with E-state index in [-0.39, 0.29) is 10.3 Å². The van der Waals surface area contributed by atoms with Gasteiger partial charge in [0.2, 0.25) is 20.1 Å². The van der Waals surface area contributed by atoms with Gasteiger partial charge in [0, 0.05) is 17.3 Å². The molecular weight excluding hydrogens is 320 g/mol. The molecule has 1 amide bonds. The van der Waals surface area contributed by atoms with Gasteiger partial charge in [-0.25, -0.2) is 13.4 Å². The molecule has 0 bridgehead atoms. The van der Waals surface area contributed by atoms with Crippen molar-refractivity contribution >= 4 is 32.8 Å². The van der Waals surface area contributed by atoms with Crippen molar-refractivity contribution in [1.29, 1.82) is 0 Å². The summed E-state index contributed by atoms with van der Waals surface area (Å²) >= 11 is 1.01. The first kappa shape index (κ1) is 16.6. The van der Waals surface area contributed by atoms with Gasteiger partial charge in [-0.1, -0.05) is 32.0 Å². The van der Waals surface area contributed by atoms with E-state index in [1.807, 2.05) is 32.0 Å². The molecule has 0 aliphatic rings. The topological polar surface area (TPSA) is 76.1 Å². The number of hydrogen-bond acceptors (Lipinski definition) is 5. The molecule has 1 N–H and O–H groups in total. The zero-order valence-electron chi connectivity index (χ0n) is 12.6. The van der Waals surface area contributed by atoms with E-state index in [4.69, 9.17) is 0 Å². The van der Waals surface area contributed by atoms with Crippen LogP contribution in [0.1, 0.15) is 32.3 Å². The number of anilines is 1. The second-order valence-corrected chi connectivity index (χ2v) is 8.55. The third-order valence-electron chi connectivity index (χ3n) is 3.33. The number of sulfone groups is 1. The van der Waals surface area contributed by atoms with Crippen LogP contribution in [0.25, 0.3) is 0 Å². The standard InChI is InChI=1S/C15H18N2O3S2/c1-10(2)12-6-4-5-7-13(12)17-14(18)11(3)22(19,20)15-16-8-9-21-15/h4-11H,1-3H3,(H,17,18). The Morgan fingerprint density at radius 2 is 1.91 bits per heavy atom. The third-order valence-corrected chi connectivity index (χ3v) is 6.62. The van der Waals surface area contributed by atoms with E-state index in [2.05, 4.69) is 10.3 Å². The maximum Gasteiger partial charge on any atom is 0.242 e. The fourth-order valence-corrected chi connectivity index (χ4v) is 4.34. The summed E-state index contributed by atoms with van der Waals surface area (Å²) < 4.78 is 24.6. The molecule has 0 aliphatic carbocycles. The average molecular weight is 338 g/mol. The summed E-state index contributed by atoms with van der Waals surface area (Å²) in [5, 5.41) is 3.10. The molecule has 2 rings (SSSR count). The van der Waals surface area contributed by atoms with Gasteiger partial charge >= 0.3 is 0 Å². The smallest absolute Gasteiger partial charge is 0.242 e. The summed E-state index contributed by atoms with van der Waals surface area (Å²) in [7, 11) is -3.75. The number of rotatable bonds is 5. The highest BCUT2D eigenvalue weighted by molar-refractivity contribution is 7.94. The van der Waals surface area contributed by atoms with Crippen molar-refractivity contribution in [1.82, 2.24) is 4.98 Å². The largest absolute Gasteiger partial charge is 0.325 e. The number of thiazole rings is 1. The Balaban J connectivity index is 2.23. The van der Waals surface area contributed by atoms with Gasteiger partial charge < -0.3 is 5.32 Å². The van der Waals surface area contributed by atoms with Crippen molar-refractivity contribution in [2.24, 2.45) is 0 Å². The van der Waals surface area contributed by atoms with Gasteiger partial charge in [0.15, 0.2) is 0 Å². The number of carbonyl (C=O) groups is 1. The number of nitrogens with zero attached hydrogens (tertiary/aromatic N) is 1. The van der Waals surface area contributed by atoms with Crippen LogP contribution in [0, 0.1) is 0 Å². The molecule has 22 heavy (non-hydrogen) atoms. The molecule has 1 heterocycles. The molecule has 7 heteroatoms. The fraction of sp³-hybridized carbons (Fsp3) is 0.333. The SMILES string of the molecule is CC(C)c1ccccc1NC(=O)C(C)S(=O)(=O)c1nccs1. The molecule has 2 aromatic rings. The van der Waals surface area contributed by atoms with Gasteiger partial charge in [-0.05, 0) is 24.5 Å². The maximum atomic E-state index is 12.3. The van der Waals surface area contributed by atoms with Crippen LogP contribution in [0.15, 0.2) is 40.2 Å². The van der Waals surface area contributed by atoms with Crippen LogP contribution in [-0.2, 0) is 14.6 Å². The monoisotopic (exact) mass is 338 g/mol.